The lowest BCUT2D eigenvalue weighted by molar-refractivity contribution is -0.142. The molecule has 6 nitrogen and oxygen atoms in total. The van der Waals surface area contributed by atoms with Crippen molar-refractivity contribution in [2.45, 2.75) is 13.3 Å². The number of aromatic nitrogens is 1. The van der Waals surface area contributed by atoms with Gasteiger partial charge in [0.15, 0.2) is 5.13 Å². The molecule has 0 aliphatic rings. The summed E-state index contributed by atoms with van der Waals surface area (Å²) in [7, 11) is 1.44. The number of nitrogens with one attached hydrogen (secondary N) is 1. The lowest BCUT2D eigenvalue weighted by Crippen LogP contribution is -2.17. The molecule has 1 aromatic rings. The smallest absolute Gasteiger partial charge is 0.311 e. The van der Waals surface area contributed by atoms with Crippen molar-refractivity contribution in [2.24, 2.45) is 0 Å². The van der Waals surface area contributed by atoms with Crippen LogP contribution in [-0.2, 0) is 25.5 Å². The zero-order valence-electron chi connectivity index (χ0n) is 9.69. The van der Waals surface area contributed by atoms with E-state index < -0.39 is 0 Å². The maximum absolute atomic E-state index is 11.2. The van der Waals surface area contributed by atoms with E-state index in [-0.39, 0.29) is 24.9 Å². The maximum Gasteiger partial charge on any atom is 0.311 e. The molecule has 0 saturated carbocycles. The topological polar surface area (TPSA) is 77.5 Å². The molecular formula is C10H14N2O4S. The molecule has 0 fully saturated rings. The third-order valence-electron chi connectivity index (χ3n) is 1.70. The van der Waals surface area contributed by atoms with Crippen molar-refractivity contribution in [2.75, 3.05) is 25.6 Å². The summed E-state index contributed by atoms with van der Waals surface area (Å²) in [6, 6.07) is 0. The maximum atomic E-state index is 11.2. The highest BCUT2D eigenvalue weighted by Crippen LogP contribution is 2.15. The Bertz CT molecular complexity index is 357. The van der Waals surface area contributed by atoms with Crippen molar-refractivity contribution in [3.63, 3.8) is 0 Å². The van der Waals surface area contributed by atoms with Crippen LogP contribution in [0.3, 0.4) is 0 Å². The number of amides is 1. The first-order valence-electron chi connectivity index (χ1n) is 5.04. The molecule has 7 heteroatoms. The van der Waals surface area contributed by atoms with Crippen LogP contribution in [0, 0.1) is 0 Å². The molecule has 17 heavy (non-hydrogen) atoms. The minimum absolute atomic E-state index is 0.0210. The average molecular weight is 258 g/mol. The third-order valence-corrected chi connectivity index (χ3v) is 2.51. The third kappa shape index (κ3) is 4.92. The molecular weight excluding hydrogens is 244 g/mol. The van der Waals surface area contributed by atoms with Gasteiger partial charge in [-0.1, -0.05) is 0 Å². The van der Waals surface area contributed by atoms with Crippen LogP contribution < -0.4 is 5.32 Å². The number of rotatable bonds is 6. The highest BCUT2D eigenvalue weighted by Gasteiger charge is 2.09. The van der Waals surface area contributed by atoms with E-state index in [1.54, 1.807) is 12.3 Å². The Morgan fingerprint density at radius 3 is 2.94 bits per heavy atom. The number of hydrogen-bond donors (Lipinski definition) is 1. The van der Waals surface area contributed by atoms with Crippen LogP contribution in [0.15, 0.2) is 5.38 Å². The Kier molecular flexibility index (Phi) is 5.58. The normalized spacial score (nSPS) is 10.0. The molecule has 0 atom stereocenters. The zero-order valence-corrected chi connectivity index (χ0v) is 10.5. The summed E-state index contributed by atoms with van der Waals surface area (Å²) in [5, 5.41) is 4.72. The minimum atomic E-state index is -0.326. The molecule has 0 aliphatic heterocycles. The number of hydrogen-bond acceptors (Lipinski definition) is 6. The lowest BCUT2D eigenvalue weighted by Gasteiger charge is -1.99. The van der Waals surface area contributed by atoms with E-state index in [2.05, 4.69) is 15.0 Å². The van der Waals surface area contributed by atoms with Gasteiger partial charge in [0.25, 0.3) is 5.91 Å². The second-order valence-electron chi connectivity index (χ2n) is 3.11. The fraction of sp³-hybridized carbons (Fsp3) is 0.500. The number of carbonyl (C=O) groups is 2. The van der Waals surface area contributed by atoms with Crippen LogP contribution in [0.1, 0.15) is 12.6 Å². The van der Waals surface area contributed by atoms with Gasteiger partial charge in [0.05, 0.1) is 18.7 Å². The molecule has 0 bridgehead atoms. The molecule has 0 aliphatic carbocycles. The lowest BCUT2D eigenvalue weighted by atomic mass is 10.3. The number of thiazole rings is 1. The number of nitrogens with zero attached hydrogens (tertiary/aromatic N) is 1. The Hall–Kier alpha value is -1.47. The van der Waals surface area contributed by atoms with Crippen LogP contribution in [0.5, 0.6) is 0 Å². The van der Waals surface area contributed by atoms with Gasteiger partial charge in [0.1, 0.15) is 6.61 Å². The van der Waals surface area contributed by atoms with Crippen molar-refractivity contribution in [1.29, 1.82) is 0 Å². The molecule has 1 heterocycles. The van der Waals surface area contributed by atoms with E-state index in [4.69, 9.17) is 4.74 Å². The number of carbonyl (C=O) groups excluding carboxylic acids is 2. The quantitative estimate of drug-likeness (QED) is 0.765. The van der Waals surface area contributed by atoms with Crippen LogP contribution in [0.4, 0.5) is 5.13 Å². The average Bonchev–Trinajstić information content (AvgIpc) is 2.66. The van der Waals surface area contributed by atoms with Gasteiger partial charge in [-0.05, 0) is 6.92 Å². The Labute approximate surface area is 103 Å². The minimum Gasteiger partial charge on any atom is -0.466 e. The Morgan fingerprint density at radius 2 is 2.29 bits per heavy atom. The second-order valence-corrected chi connectivity index (χ2v) is 3.97. The fourth-order valence-electron chi connectivity index (χ4n) is 1.09. The Balaban J connectivity index is 2.47. The van der Waals surface area contributed by atoms with Crippen molar-refractivity contribution < 1.29 is 19.1 Å². The number of esters is 1. The largest absolute Gasteiger partial charge is 0.466 e. The molecule has 0 radical (unpaired) electrons. The van der Waals surface area contributed by atoms with E-state index >= 15 is 0 Å². The zero-order chi connectivity index (χ0) is 12.7. The summed E-state index contributed by atoms with van der Waals surface area (Å²) in [5.74, 6) is -0.600. The summed E-state index contributed by atoms with van der Waals surface area (Å²) in [6.45, 7) is 2.07. The molecule has 0 aromatic carbocycles. The number of ether oxygens (including phenoxy) is 2. The van der Waals surface area contributed by atoms with Gasteiger partial charge in [-0.2, -0.15) is 0 Å². The van der Waals surface area contributed by atoms with Crippen LogP contribution in [-0.4, -0.2) is 37.2 Å². The molecule has 1 amide bonds. The van der Waals surface area contributed by atoms with Crippen LogP contribution in [0.2, 0.25) is 0 Å². The first-order valence-corrected chi connectivity index (χ1v) is 5.92. The number of methoxy groups -OCH3 is 1. The van der Waals surface area contributed by atoms with Crippen LogP contribution >= 0.6 is 11.3 Å². The monoisotopic (exact) mass is 258 g/mol. The van der Waals surface area contributed by atoms with Gasteiger partial charge in [-0.15, -0.1) is 11.3 Å². The fourth-order valence-corrected chi connectivity index (χ4v) is 1.82. The summed E-state index contributed by atoms with van der Waals surface area (Å²) in [5.41, 5.74) is 0.584. The van der Waals surface area contributed by atoms with Crippen molar-refractivity contribution in [1.82, 2.24) is 4.98 Å². The van der Waals surface area contributed by atoms with Gasteiger partial charge < -0.3 is 9.47 Å². The number of anilines is 1. The van der Waals surface area contributed by atoms with Crippen molar-refractivity contribution in [3.05, 3.63) is 11.1 Å². The second kappa shape index (κ2) is 6.97. The van der Waals surface area contributed by atoms with E-state index in [0.717, 1.165) is 0 Å². The van der Waals surface area contributed by atoms with Gasteiger partial charge in [0.2, 0.25) is 0 Å². The summed E-state index contributed by atoms with van der Waals surface area (Å²) in [4.78, 5) is 26.5. The van der Waals surface area contributed by atoms with Crippen molar-refractivity contribution in [3.8, 4) is 0 Å². The summed E-state index contributed by atoms with van der Waals surface area (Å²) in [6.07, 6.45) is 0.116. The van der Waals surface area contributed by atoms with Crippen LogP contribution in [0.25, 0.3) is 0 Å². The molecule has 0 spiro atoms. The molecule has 1 rings (SSSR count). The van der Waals surface area contributed by atoms with Gasteiger partial charge in [0, 0.05) is 12.5 Å². The highest BCUT2D eigenvalue weighted by molar-refractivity contribution is 7.13. The van der Waals surface area contributed by atoms with E-state index in [1.165, 1.54) is 18.4 Å². The first kappa shape index (κ1) is 13.6. The predicted octanol–water partition coefficient (Wildman–Crippen LogP) is 0.834. The SMILES string of the molecule is CCOC(=O)Cc1csc(NC(=O)COC)n1. The summed E-state index contributed by atoms with van der Waals surface area (Å²) >= 11 is 1.26. The molecule has 94 valence electrons. The standard InChI is InChI=1S/C10H14N2O4S/c1-3-16-9(14)4-7-6-17-10(11-7)12-8(13)5-15-2/h6H,3-5H2,1-2H3,(H,11,12,13). The predicted molar refractivity (Wildman–Crippen MR) is 63.0 cm³/mol. The molecule has 0 unspecified atom stereocenters. The van der Waals surface area contributed by atoms with Crippen molar-refractivity contribution >= 4 is 28.3 Å². The molecule has 1 N–H and O–H groups in total. The molecule has 1 aromatic heterocycles. The van der Waals surface area contributed by atoms with E-state index in [9.17, 15) is 9.59 Å². The Morgan fingerprint density at radius 1 is 1.53 bits per heavy atom. The van der Waals surface area contributed by atoms with Gasteiger partial charge >= 0.3 is 5.97 Å². The molecule has 0 saturated heterocycles. The highest BCUT2D eigenvalue weighted by atomic mass is 32.1. The van der Waals surface area contributed by atoms with E-state index in [0.29, 0.717) is 17.4 Å². The van der Waals surface area contributed by atoms with Gasteiger partial charge in [-0.3, -0.25) is 14.9 Å². The summed E-state index contributed by atoms with van der Waals surface area (Å²) < 4.78 is 9.46. The first-order chi connectivity index (χ1) is 8.15. The van der Waals surface area contributed by atoms with Gasteiger partial charge in [-0.25, -0.2) is 4.98 Å². The van der Waals surface area contributed by atoms with E-state index in [1.807, 2.05) is 0 Å².